The molecule has 1 fully saturated rings. The van der Waals surface area contributed by atoms with Crippen molar-refractivity contribution in [1.82, 2.24) is 15.5 Å². The summed E-state index contributed by atoms with van der Waals surface area (Å²) in [5.41, 5.74) is 0.880. The molecule has 3 rings (SSSR count). The molecule has 0 saturated heterocycles. The van der Waals surface area contributed by atoms with Gasteiger partial charge in [-0.2, -0.15) is 0 Å². The minimum absolute atomic E-state index is 0.0400. The van der Waals surface area contributed by atoms with Gasteiger partial charge >= 0.3 is 0 Å². The summed E-state index contributed by atoms with van der Waals surface area (Å²) in [4.78, 5) is 12.4. The van der Waals surface area contributed by atoms with Crippen LogP contribution < -0.4 is 5.32 Å². The highest BCUT2D eigenvalue weighted by molar-refractivity contribution is 8.00. The van der Waals surface area contributed by atoms with Crippen molar-refractivity contribution < 1.29 is 9.21 Å². The van der Waals surface area contributed by atoms with Gasteiger partial charge in [-0.1, -0.05) is 49.7 Å². The fraction of sp³-hybridized carbons (Fsp3) is 0.500. The van der Waals surface area contributed by atoms with Crippen LogP contribution in [-0.4, -0.2) is 27.4 Å². The predicted octanol–water partition coefficient (Wildman–Crippen LogP) is 3.91. The van der Waals surface area contributed by atoms with Crippen molar-refractivity contribution in [3.8, 4) is 11.5 Å². The zero-order valence-electron chi connectivity index (χ0n) is 14.1. The van der Waals surface area contributed by atoms with Gasteiger partial charge in [0.2, 0.25) is 11.8 Å². The van der Waals surface area contributed by atoms with Crippen LogP contribution in [0.4, 0.5) is 0 Å². The Hall–Kier alpha value is -1.82. The summed E-state index contributed by atoms with van der Waals surface area (Å²) in [6, 6.07) is 9.91. The number of nitrogens with one attached hydrogen (secondary N) is 1. The smallest absolute Gasteiger partial charge is 0.277 e. The molecule has 0 bridgehead atoms. The third-order valence-corrected chi connectivity index (χ3v) is 5.45. The van der Waals surface area contributed by atoms with Crippen molar-refractivity contribution in [2.24, 2.45) is 5.92 Å². The molecule has 1 aromatic heterocycles. The Bertz CT molecular complexity index is 674. The second-order valence-electron chi connectivity index (χ2n) is 6.38. The summed E-state index contributed by atoms with van der Waals surface area (Å²) in [5, 5.41) is 11.4. The minimum atomic E-state index is -0.261. The Labute approximate surface area is 146 Å². The number of hydrogen-bond donors (Lipinski definition) is 1. The number of thioether (sulfide) groups is 1. The van der Waals surface area contributed by atoms with Crippen LogP contribution in [0.25, 0.3) is 11.5 Å². The maximum atomic E-state index is 12.4. The van der Waals surface area contributed by atoms with E-state index < -0.39 is 0 Å². The zero-order chi connectivity index (χ0) is 16.9. The molecule has 128 valence electrons. The third kappa shape index (κ3) is 4.17. The first-order chi connectivity index (χ1) is 11.6. The Morgan fingerprint density at radius 2 is 2.00 bits per heavy atom. The van der Waals surface area contributed by atoms with Gasteiger partial charge in [-0.15, -0.1) is 10.2 Å². The molecule has 24 heavy (non-hydrogen) atoms. The van der Waals surface area contributed by atoms with Gasteiger partial charge in [-0.3, -0.25) is 4.79 Å². The van der Waals surface area contributed by atoms with Crippen LogP contribution in [0.15, 0.2) is 40.0 Å². The number of carbonyl (C=O) groups is 1. The number of aromatic nitrogens is 2. The summed E-state index contributed by atoms with van der Waals surface area (Å²) in [5.74, 6) is 1.07. The molecule has 0 unspecified atom stereocenters. The Morgan fingerprint density at radius 3 is 2.75 bits per heavy atom. The van der Waals surface area contributed by atoms with Crippen molar-refractivity contribution in [3.63, 3.8) is 0 Å². The molecular formula is C18H23N3O2S. The van der Waals surface area contributed by atoms with E-state index in [-0.39, 0.29) is 17.2 Å². The van der Waals surface area contributed by atoms with E-state index in [1.54, 1.807) is 0 Å². The van der Waals surface area contributed by atoms with Gasteiger partial charge in [-0.05, 0) is 37.8 Å². The van der Waals surface area contributed by atoms with Crippen LogP contribution in [0.1, 0.15) is 39.5 Å². The van der Waals surface area contributed by atoms with Gasteiger partial charge in [0.15, 0.2) is 0 Å². The van der Waals surface area contributed by atoms with E-state index in [1.807, 2.05) is 37.3 Å². The molecule has 1 saturated carbocycles. The van der Waals surface area contributed by atoms with Crippen LogP contribution in [0.5, 0.6) is 0 Å². The highest BCUT2D eigenvalue weighted by Crippen LogP contribution is 2.27. The van der Waals surface area contributed by atoms with Gasteiger partial charge < -0.3 is 9.73 Å². The highest BCUT2D eigenvalue weighted by atomic mass is 32.2. The molecule has 3 atom stereocenters. The first-order valence-electron chi connectivity index (χ1n) is 8.49. The Balaban J connectivity index is 1.57. The van der Waals surface area contributed by atoms with Crippen LogP contribution in [0.3, 0.4) is 0 Å². The van der Waals surface area contributed by atoms with Crippen molar-refractivity contribution in [2.45, 2.75) is 56.0 Å². The molecule has 0 spiro atoms. The third-order valence-electron chi connectivity index (χ3n) is 4.51. The lowest BCUT2D eigenvalue weighted by atomic mass is 9.86. The predicted molar refractivity (Wildman–Crippen MR) is 94.6 cm³/mol. The number of rotatable bonds is 5. The molecular weight excluding hydrogens is 322 g/mol. The van der Waals surface area contributed by atoms with Gasteiger partial charge in [0, 0.05) is 11.6 Å². The molecule has 0 aliphatic heterocycles. The fourth-order valence-corrected chi connectivity index (χ4v) is 3.68. The molecule has 1 aromatic carbocycles. The quantitative estimate of drug-likeness (QED) is 0.832. The lowest BCUT2D eigenvalue weighted by Gasteiger charge is -2.30. The standard InChI is InChI=1S/C18H23N3O2S/c1-12-8-6-7-11-15(12)19-16(22)13(2)24-18-21-20-17(23-18)14-9-4-3-5-10-14/h3-5,9-10,12-13,15H,6-8,11H2,1-2H3,(H,19,22)/t12-,13+,15-/m0/s1. The summed E-state index contributed by atoms with van der Waals surface area (Å²) in [6.07, 6.45) is 4.72. The van der Waals surface area contributed by atoms with E-state index in [9.17, 15) is 4.79 Å². The first kappa shape index (κ1) is 17.0. The van der Waals surface area contributed by atoms with E-state index in [0.29, 0.717) is 17.0 Å². The van der Waals surface area contributed by atoms with Gasteiger partial charge in [0.05, 0.1) is 5.25 Å². The lowest BCUT2D eigenvalue weighted by molar-refractivity contribution is -0.121. The average molecular weight is 345 g/mol. The Kier molecular flexibility index (Phi) is 5.56. The van der Waals surface area contributed by atoms with Crippen molar-refractivity contribution in [1.29, 1.82) is 0 Å². The first-order valence-corrected chi connectivity index (χ1v) is 9.37. The lowest BCUT2D eigenvalue weighted by Crippen LogP contribution is -2.44. The second kappa shape index (κ2) is 7.83. The summed E-state index contributed by atoms with van der Waals surface area (Å²) in [7, 11) is 0. The highest BCUT2D eigenvalue weighted by Gasteiger charge is 2.26. The average Bonchev–Trinajstić information content (AvgIpc) is 3.06. The molecule has 1 N–H and O–H groups in total. The molecule has 1 aliphatic rings. The summed E-state index contributed by atoms with van der Waals surface area (Å²) >= 11 is 1.30. The molecule has 2 aromatic rings. The van der Waals surface area contributed by atoms with Gasteiger partial charge in [-0.25, -0.2) is 0 Å². The van der Waals surface area contributed by atoms with Crippen molar-refractivity contribution in [3.05, 3.63) is 30.3 Å². The van der Waals surface area contributed by atoms with Crippen molar-refractivity contribution >= 4 is 17.7 Å². The van der Waals surface area contributed by atoms with E-state index in [4.69, 9.17) is 4.42 Å². The number of hydrogen-bond acceptors (Lipinski definition) is 5. The van der Waals surface area contributed by atoms with E-state index >= 15 is 0 Å². The second-order valence-corrected chi connectivity index (χ2v) is 7.67. The van der Waals surface area contributed by atoms with Crippen LogP contribution in [0, 0.1) is 5.92 Å². The van der Waals surface area contributed by atoms with Gasteiger partial charge in [0.1, 0.15) is 0 Å². The van der Waals surface area contributed by atoms with Crippen LogP contribution in [-0.2, 0) is 4.79 Å². The van der Waals surface area contributed by atoms with Crippen LogP contribution in [0.2, 0.25) is 0 Å². The maximum Gasteiger partial charge on any atom is 0.277 e. The molecule has 1 amide bonds. The van der Waals surface area contributed by atoms with E-state index in [2.05, 4.69) is 22.4 Å². The molecule has 1 aliphatic carbocycles. The monoisotopic (exact) mass is 345 g/mol. The largest absolute Gasteiger partial charge is 0.411 e. The molecule has 0 radical (unpaired) electrons. The molecule has 6 heteroatoms. The van der Waals surface area contributed by atoms with E-state index in [1.165, 1.54) is 31.0 Å². The maximum absolute atomic E-state index is 12.4. The fourth-order valence-electron chi connectivity index (χ4n) is 2.99. The van der Waals surface area contributed by atoms with Gasteiger partial charge in [0.25, 0.3) is 5.22 Å². The Morgan fingerprint density at radius 1 is 1.25 bits per heavy atom. The molecule has 1 heterocycles. The summed E-state index contributed by atoms with van der Waals surface area (Å²) in [6.45, 7) is 4.09. The molecule has 5 nitrogen and oxygen atoms in total. The number of amides is 1. The van der Waals surface area contributed by atoms with Crippen LogP contribution >= 0.6 is 11.8 Å². The van der Waals surface area contributed by atoms with E-state index in [0.717, 1.165) is 12.0 Å². The zero-order valence-corrected chi connectivity index (χ0v) is 14.9. The number of benzene rings is 1. The van der Waals surface area contributed by atoms with Crippen molar-refractivity contribution in [2.75, 3.05) is 0 Å². The summed E-state index contributed by atoms with van der Waals surface area (Å²) < 4.78 is 5.66. The minimum Gasteiger partial charge on any atom is -0.411 e. The number of carbonyl (C=O) groups excluding carboxylic acids is 1. The SMILES string of the molecule is C[C@@H](Sc1nnc(-c2ccccc2)o1)C(=O)N[C@H]1CCCC[C@@H]1C. The number of nitrogens with zero attached hydrogens (tertiary/aromatic N) is 2. The topological polar surface area (TPSA) is 68.0 Å². The normalized spacial score (nSPS) is 22.1.